The van der Waals surface area contributed by atoms with Crippen LogP contribution in [0, 0.1) is 11.8 Å². The molecular weight excluding hydrogens is 152 g/mol. The summed E-state index contributed by atoms with van der Waals surface area (Å²) in [6.07, 6.45) is 3.18. The molecule has 2 aliphatic rings. The predicted molar refractivity (Wildman–Crippen MR) is 45.5 cm³/mol. The Labute approximate surface area is 72.6 Å². The smallest absolute Gasteiger partial charge is 0.309 e. The van der Waals surface area contributed by atoms with E-state index in [-0.39, 0.29) is 17.5 Å². The minimum atomic E-state index is -0.281. The van der Waals surface area contributed by atoms with Crippen LogP contribution in [0.1, 0.15) is 27.2 Å². The van der Waals surface area contributed by atoms with E-state index in [9.17, 15) is 4.79 Å². The Kier molecular flexibility index (Phi) is 1.39. The number of hydrogen-bond donors (Lipinski definition) is 0. The van der Waals surface area contributed by atoms with Crippen LogP contribution in [0.25, 0.3) is 0 Å². The third-order valence-corrected chi connectivity index (χ3v) is 3.46. The minimum absolute atomic E-state index is 0.0325. The van der Waals surface area contributed by atoms with Crippen molar-refractivity contribution in [1.29, 1.82) is 0 Å². The molecule has 1 saturated heterocycles. The van der Waals surface area contributed by atoms with Crippen LogP contribution in [0.2, 0.25) is 0 Å². The van der Waals surface area contributed by atoms with Crippen molar-refractivity contribution < 1.29 is 9.53 Å². The molecule has 0 aromatic rings. The van der Waals surface area contributed by atoms with Gasteiger partial charge in [0, 0.05) is 5.92 Å². The van der Waals surface area contributed by atoms with E-state index >= 15 is 0 Å². The number of fused-ring (bicyclic) bond motifs is 1. The van der Waals surface area contributed by atoms with Gasteiger partial charge >= 0.3 is 5.97 Å². The summed E-state index contributed by atoms with van der Waals surface area (Å²) in [7, 11) is 0. The van der Waals surface area contributed by atoms with Crippen molar-refractivity contribution in [2.24, 2.45) is 11.8 Å². The van der Waals surface area contributed by atoms with Crippen molar-refractivity contribution in [2.45, 2.75) is 32.8 Å². The Morgan fingerprint density at radius 2 is 2.33 bits per heavy atom. The SMILES string of the molecule is CC1=CC[C@H]2[C@H](C)C(=O)O[C@@]12C. The highest BCUT2D eigenvalue weighted by Gasteiger charge is 2.53. The molecule has 1 aliphatic carbocycles. The van der Waals surface area contributed by atoms with Crippen LogP contribution in [0.5, 0.6) is 0 Å². The van der Waals surface area contributed by atoms with Gasteiger partial charge < -0.3 is 4.74 Å². The van der Waals surface area contributed by atoms with Gasteiger partial charge in [0.1, 0.15) is 5.60 Å². The molecule has 2 rings (SSSR count). The summed E-state index contributed by atoms with van der Waals surface area (Å²) >= 11 is 0. The van der Waals surface area contributed by atoms with Crippen LogP contribution < -0.4 is 0 Å². The fraction of sp³-hybridized carbons (Fsp3) is 0.700. The van der Waals surface area contributed by atoms with Crippen molar-refractivity contribution in [3.63, 3.8) is 0 Å². The Hall–Kier alpha value is -0.790. The molecule has 2 nitrogen and oxygen atoms in total. The molecule has 0 N–H and O–H groups in total. The molecule has 3 atom stereocenters. The lowest BCUT2D eigenvalue weighted by Gasteiger charge is -2.25. The van der Waals surface area contributed by atoms with Crippen LogP contribution in [0.4, 0.5) is 0 Å². The van der Waals surface area contributed by atoms with E-state index in [1.165, 1.54) is 5.57 Å². The fourth-order valence-electron chi connectivity index (χ4n) is 2.33. The monoisotopic (exact) mass is 166 g/mol. The van der Waals surface area contributed by atoms with Gasteiger partial charge in [-0.05, 0) is 25.8 Å². The number of hydrogen-bond acceptors (Lipinski definition) is 2. The van der Waals surface area contributed by atoms with E-state index in [0.29, 0.717) is 5.92 Å². The van der Waals surface area contributed by atoms with E-state index in [1.54, 1.807) is 0 Å². The maximum absolute atomic E-state index is 11.3. The molecule has 0 saturated carbocycles. The summed E-state index contributed by atoms with van der Waals surface area (Å²) in [5.41, 5.74) is 0.932. The first-order chi connectivity index (χ1) is 5.55. The van der Waals surface area contributed by atoms with Crippen molar-refractivity contribution >= 4 is 5.97 Å². The summed E-state index contributed by atoms with van der Waals surface area (Å²) in [5.74, 6) is 0.420. The Balaban J connectivity index is 2.37. The predicted octanol–water partition coefficient (Wildman–Crippen LogP) is 1.90. The second-order valence-electron chi connectivity index (χ2n) is 4.05. The normalized spacial score (nSPS) is 45.6. The van der Waals surface area contributed by atoms with Gasteiger partial charge in [-0.15, -0.1) is 0 Å². The summed E-state index contributed by atoms with van der Waals surface area (Å²) in [6, 6.07) is 0. The number of ether oxygens (including phenoxy) is 1. The molecule has 12 heavy (non-hydrogen) atoms. The first-order valence-corrected chi connectivity index (χ1v) is 4.46. The van der Waals surface area contributed by atoms with Gasteiger partial charge in [-0.2, -0.15) is 0 Å². The quantitative estimate of drug-likeness (QED) is 0.406. The van der Waals surface area contributed by atoms with Gasteiger partial charge in [0.15, 0.2) is 0 Å². The number of allylic oxidation sites excluding steroid dienone is 1. The summed E-state index contributed by atoms with van der Waals surface area (Å²) in [6.45, 7) is 6.04. The Morgan fingerprint density at radius 3 is 2.92 bits per heavy atom. The number of carbonyl (C=O) groups is 1. The van der Waals surface area contributed by atoms with Gasteiger partial charge in [-0.1, -0.05) is 13.0 Å². The molecule has 1 aliphatic heterocycles. The lowest BCUT2D eigenvalue weighted by molar-refractivity contribution is -0.147. The van der Waals surface area contributed by atoms with E-state index in [2.05, 4.69) is 6.08 Å². The van der Waals surface area contributed by atoms with Gasteiger partial charge in [0.25, 0.3) is 0 Å². The van der Waals surface area contributed by atoms with Crippen LogP contribution in [-0.4, -0.2) is 11.6 Å². The van der Waals surface area contributed by atoms with Crippen LogP contribution in [-0.2, 0) is 9.53 Å². The lowest BCUT2D eigenvalue weighted by atomic mass is 9.83. The average Bonchev–Trinajstić information content (AvgIpc) is 2.38. The van der Waals surface area contributed by atoms with Gasteiger partial charge in [-0.25, -0.2) is 0 Å². The van der Waals surface area contributed by atoms with E-state index < -0.39 is 0 Å². The highest BCUT2D eigenvalue weighted by atomic mass is 16.6. The molecular formula is C10H14O2. The molecule has 0 aromatic carbocycles. The summed E-state index contributed by atoms with van der Waals surface area (Å²) < 4.78 is 5.39. The lowest BCUT2D eigenvalue weighted by Crippen LogP contribution is -2.30. The molecule has 1 heterocycles. The zero-order valence-electron chi connectivity index (χ0n) is 7.76. The average molecular weight is 166 g/mol. The number of rotatable bonds is 0. The zero-order valence-corrected chi connectivity index (χ0v) is 7.76. The number of carbonyl (C=O) groups excluding carboxylic acids is 1. The molecule has 66 valence electrons. The highest BCUT2D eigenvalue weighted by molar-refractivity contribution is 5.76. The van der Waals surface area contributed by atoms with Crippen molar-refractivity contribution in [1.82, 2.24) is 0 Å². The first kappa shape index (κ1) is 7.84. The molecule has 2 heteroatoms. The molecule has 0 bridgehead atoms. The Morgan fingerprint density at radius 1 is 1.67 bits per heavy atom. The van der Waals surface area contributed by atoms with Crippen LogP contribution in [0.3, 0.4) is 0 Å². The zero-order chi connectivity index (χ0) is 8.93. The van der Waals surface area contributed by atoms with E-state index in [0.717, 1.165) is 6.42 Å². The minimum Gasteiger partial charge on any atom is -0.454 e. The standard InChI is InChI=1S/C10H14O2/c1-6-4-5-8-7(2)9(11)12-10(6,8)3/h4,7-8H,5H2,1-3H3/t7-,8-,10-/m0/s1. The van der Waals surface area contributed by atoms with E-state index in [1.807, 2.05) is 20.8 Å². The maximum atomic E-state index is 11.3. The molecule has 0 unspecified atom stereocenters. The van der Waals surface area contributed by atoms with Crippen molar-refractivity contribution in [3.05, 3.63) is 11.6 Å². The van der Waals surface area contributed by atoms with Crippen LogP contribution >= 0.6 is 0 Å². The third kappa shape index (κ3) is 0.728. The largest absolute Gasteiger partial charge is 0.454 e. The second kappa shape index (κ2) is 2.12. The first-order valence-electron chi connectivity index (χ1n) is 4.46. The van der Waals surface area contributed by atoms with Gasteiger partial charge in [-0.3, -0.25) is 4.79 Å². The second-order valence-corrected chi connectivity index (χ2v) is 4.05. The van der Waals surface area contributed by atoms with Gasteiger partial charge in [0.2, 0.25) is 0 Å². The molecule has 1 fully saturated rings. The molecule has 0 amide bonds. The molecule has 0 aromatic heterocycles. The third-order valence-electron chi connectivity index (χ3n) is 3.46. The van der Waals surface area contributed by atoms with Crippen molar-refractivity contribution in [2.75, 3.05) is 0 Å². The number of esters is 1. The Bertz CT molecular complexity index is 267. The summed E-state index contributed by atoms with van der Waals surface area (Å²) in [5, 5.41) is 0. The molecule has 0 spiro atoms. The fourth-order valence-corrected chi connectivity index (χ4v) is 2.33. The van der Waals surface area contributed by atoms with E-state index in [4.69, 9.17) is 4.74 Å². The molecule has 0 radical (unpaired) electrons. The summed E-state index contributed by atoms with van der Waals surface area (Å²) in [4.78, 5) is 11.3. The van der Waals surface area contributed by atoms with Crippen LogP contribution in [0.15, 0.2) is 11.6 Å². The maximum Gasteiger partial charge on any atom is 0.309 e. The van der Waals surface area contributed by atoms with Gasteiger partial charge in [0.05, 0.1) is 5.92 Å². The van der Waals surface area contributed by atoms with Crippen molar-refractivity contribution in [3.8, 4) is 0 Å². The topological polar surface area (TPSA) is 26.3 Å². The highest BCUT2D eigenvalue weighted by Crippen LogP contribution is 2.48.